The van der Waals surface area contributed by atoms with Crippen molar-refractivity contribution in [1.29, 1.82) is 0 Å². The van der Waals surface area contributed by atoms with Gasteiger partial charge in [0.05, 0.1) is 18.8 Å². The topological polar surface area (TPSA) is 93.1 Å². The van der Waals surface area contributed by atoms with Gasteiger partial charge in [-0.25, -0.2) is 17.5 Å². The summed E-state index contributed by atoms with van der Waals surface area (Å²) in [6, 6.07) is 2.33. The number of ether oxygens (including phenoxy) is 2. The van der Waals surface area contributed by atoms with Gasteiger partial charge in [0.1, 0.15) is 4.90 Å². The lowest BCUT2D eigenvalue weighted by Crippen LogP contribution is -2.23. The van der Waals surface area contributed by atoms with Crippen LogP contribution >= 0.6 is 0 Å². The average Bonchev–Trinajstić information content (AvgIpc) is 2.40. The fourth-order valence-corrected chi connectivity index (χ4v) is 2.70. The van der Waals surface area contributed by atoms with Crippen LogP contribution in [0.15, 0.2) is 17.0 Å². The molecular formula is C13H19NO6S. The first-order valence-corrected chi connectivity index (χ1v) is 7.79. The standard InChI is InChI=1S/C13H19NO6S/c1-5-19-10-7-9(13(15)16)8-11(12(10)20-6-2)21(17,18)14(3)4/h7-8H,5-6H2,1-4H3,(H,15,16). The Labute approximate surface area is 124 Å². The number of carboxylic acids is 1. The molecule has 1 N–H and O–H groups in total. The van der Waals surface area contributed by atoms with Crippen molar-refractivity contribution in [3.63, 3.8) is 0 Å². The van der Waals surface area contributed by atoms with Crippen molar-refractivity contribution in [3.8, 4) is 11.5 Å². The molecule has 0 aliphatic rings. The molecule has 0 aromatic heterocycles. The van der Waals surface area contributed by atoms with E-state index in [1.807, 2.05) is 0 Å². The average molecular weight is 317 g/mol. The lowest BCUT2D eigenvalue weighted by Gasteiger charge is -2.18. The van der Waals surface area contributed by atoms with Crippen LogP contribution in [0.1, 0.15) is 24.2 Å². The minimum absolute atomic E-state index is 0.0260. The van der Waals surface area contributed by atoms with Crippen LogP contribution < -0.4 is 9.47 Å². The molecule has 1 rings (SSSR count). The van der Waals surface area contributed by atoms with Gasteiger partial charge in [0.15, 0.2) is 11.5 Å². The lowest BCUT2D eigenvalue weighted by atomic mass is 10.2. The normalized spacial score (nSPS) is 11.5. The minimum Gasteiger partial charge on any atom is -0.490 e. The second-order valence-electron chi connectivity index (χ2n) is 4.26. The summed E-state index contributed by atoms with van der Waals surface area (Å²) < 4.78 is 36.4. The fourth-order valence-electron chi connectivity index (χ4n) is 1.64. The maximum Gasteiger partial charge on any atom is 0.335 e. The molecule has 0 saturated carbocycles. The van der Waals surface area contributed by atoms with E-state index in [1.54, 1.807) is 13.8 Å². The number of benzene rings is 1. The summed E-state index contributed by atoms with van der Waals surface area (Å²) in [5.41, 5.74) is -0.178. The molecule has 0 spiro atoms. The van der Waals surface area contributed by atoms with E-state index in [-0.39, 0.29) is 35.2 Å². The Bertz CT molecular complexity index is 624. The number of carbonyl (C=O) groups is 1. The first-order chi connectivity index (χ1) is 9.75. The molecule has 0 unspecified atom stereocenters. The van der Waals surface area contributed by atoms with E-state index < -0.39 is 16.0 Å². The molecule has 0 aliphatic heterocycles. The van der Waals surface area contributed by atoms with E-state index in [4.69, 9.17) is 14.6 Å². The molecule has 118 valence electrons. The Morgan fingerprint density at radius 3 is 2.19 bits per heavy atom. The minimum atomic E-state index is -3.86. The van der Waals surface area contributed by atoms with Crippen molar-refractivity contribution in [2.24, 2.45) is 0 Å². The number of aromatic carboxylic acids is 1. The molecule has 8 heteroatoms. The molecule has 0 atom stereocenters. The molecule has 1 aromatic carbocycles. The Morgan fingerprint density at radius 1 is 1.19 bits per heavy atom. The van der Waals surface area contributed by atoms with Crippen LogP contribution in [-0.4, -0.2) is 51.1 Å². The van der Waals surface area contributed by atoms with Crippen LogP contribution in [0.2, 0.25) is 0 Å². The third kappa shape index (κ3) is 3.64. The second-order valence-corrected chi connectivity index (χ2v) is 6.38. The number of nitrogens with zero attached hydrogens (tertiary/aromatic N) is 1. The molecule has 1 aromatic rings. The first-order valence-electron chi connectivity index (χ1n) is 6.35. The van der Waals surface area contributed by atoms with Gasteiger partial charge in [-0.1, -0.05) is 0 Å². The SMILES string of the molecule is CCOc1cc(C(=O)O)cc(S(=O)(=O)N(C)C)c1OCC. The monoisotopic (exact) mass is 317 g/mol. The molecule has 0 amide bonds. The van der Waals surface area contributed by atoms with Crippen molar-refractivity contribution in [2.75, 3.05) is 27.3 Å². The second kappa shape index (κ2) is 6.77. The highest BCUT2D eigenvalue weighted by molar-refractivity contribution is 7.89. The van der Waals surface area contributed by atoms with E-state index in [0.717, 1.165) is 10.4 Å². The third-order valence-corrected chi connectivity index (χ3v) is 4.44. The highest BCUT2D eigenvalue weighted by atomic mass is 32.2. The molecule has 0 bridgehead atoms. The molecule has 0 saturated heterocycles. The van der Waals surface area contributed by atoms with Crippen molar-refractivity contribution in [3.05, 3.63) is 17.7 Å². The van der Waals surface area contributed by atoms with E-state index in [9.17, 15) is 13.2 Å². The predicted octanol–water partition coefficient (Wildman–Crippen LogP) is 1.43. The highest BCUT2D eigenvalue weighted by Gasteiger charge is 2.27. The fraction of sp³-hybridized carbons (Fsp3) is 0.462. The van der Waals surface area contributed by atoms with Crippen LogP contribution in [0, 0.1) is 0 Å². The number of hydrogen-bond acceptors (Lipinski definition) is 5. The van der Waals surface area contributed by atoms with Crippen LogP contribution in [0.5, 0.6) is 11.5 Å². The van der Waals surface area contributed by atoms with E-state index in [1.165, 1.54) is 20.2 Å². The molecule has 21 heavy (non-hydrogen) atoms. The lowest BCUT2D eigenvalue weighted by molar-refractivity contribution is 0.0696. The zero-order valence-electron chi connectivity index (χ0n) is 12.4. The third-order valence-electron chi connectivity index (χ3n) is 2.61. The zero-order chi connectivity index (χ0) is 16.2. The maximum atomic E-state index is 12.4. The number of hydrogen-bond donors (Lipinski definition) is 1. The largest absolute Gasteiger partial charge is 0.490 e. The summed E-state index contributed by atoms with van der Waals surface area (Å²) in [6.45, 7) is 3.89. The Kier molecular flexibility index (Phi) is 5.56. The van der Waals surface area contributed by atoms with Crippen LogP contribution in [0.25, 0.3) is 0 Å². The van der Waals surface area contributed by atoms with Crippen LogP contribution in [0.3, 0.4) is 0 Å². The van der Waals surface area contributed by atoms with Gasteiger partial charge < -0.3 is 14.6 Å². The summed E-state index contributed by atoms with van der Waals surface area (Å²) in [4.78, 5) is 10.9. The summed E-state index contributed by atoms with van der Waals surface area (Å²) >= 11 is 0. The molecule has 0 radical (unpaired) electrons. The summed E-state index contributed by atoms with van der Waals surface area (Å²) in [7, 11) is -1.14. The maximum absolute atomic E-state index is 12.4. The predicted molar refractivity (Wildman–Crippen MR) is 76.6 cm³/mol. The van der Waals surface area contributed by atoms with Gasteiger partial charge in [-0.05, 0) is 26.0 Å². The Balaban J connectivity index is 3.68. The summed E-state index contributed by atoms with van der Waals surface area (Å²) in [5.74, 6) is -1.12. The van der Waals surface area contributed by atoms with Gasteiger partial charge in [0.2, 0.25) is 10.0 Å². The van der Waals surface area contributed by atoms with Crippen LogP contribution in [-0.2, 0) is 10.0 Å². The molecule has 0 heterocycles. The van der Waals surface area contributed by atoms with Crippen molar-refractivity contribution < 1.29 is 27.8 Å². The summed E-state index contributed by atoms with van der Waals surface area (Å²) in [6.07, 6.45) is 0. The Morgan fingerprint density at radius 2 is 1.76 bits per heavy atom. The summed E-state index contributed by atoms with van der Waals surface area (Å²) in [5, 5.41) is 9.12. The van der Waals surface area contributed by atoms with Crippen molar-refractivity contribution in [1.82, 2.24) is 4.31 Å². The van der Waals surface area contributed by atoms with Gasteiger partial charge in [-0.15, -0.1) is 0 Å². The van der Waals surface area contributed by atoms with Gasteiger partial charge in [0.25, 0.3) is 0 Å². The smallest absolute Gasteiger partial charge is 0.335 e. The molecule has 0 fully saturated rings. The van der Waals surface area contributed by atoms with Crippen LogP contribution in [0.4, 0.5) is 0 Å². The number of carboxylic acid groups (broad SMARTS) is 1. The van der Waals surface area contributed by atoms with Gasteiger partial charge in [0, 0.05) is 14.1 Å². The van der Waals surface area contributed by atoms with Crippen molar-refractivity contribution >= 4 is 16.0 Å². The first kappa shape index (κ1) is 17.3. The molecular weight excluding hydrogens is 298 g/mol. The molecule has 7 nitrogen and oxygen atoms in total. The quantitative estimate of drug-likeness (QED) is 0.818. The van der Waals surface area contributed by atoms with Gasteiger partial charge >= 0.3 is 5.97 Å². The Hall–Kier alpha value is -1.80. The van der Waals surface area contributed by atoms with E-state index in [0.29, 0.717) is 0 Å². The molecule has 0 aliphatic carbocycles. The van der Waals surface area contributed by atoms with Gasteiger partial charge in [-0.3, -0.25) is 0 Å². The van der Waals surface area contributed by atoms with E-state index >= 15 is 0 Å². The zero-order valence-corrected chi connectivity index (χ0v) is 13.2. The number of sulfonamides is 1. The number of rotatable bonds is 7. The van der Waals surface area contributed by atoms with Gasteiger partial charge in [-0.2, -0.15) is 0 Å². The van der Waals surface area contributed by atoms with E-state index in [2.05, 4.69) is 0 Å². The highest BCUT2D eigenvalue weighted by Crippen LogP contribution is 2.37. The van der Waals surface area contributed by atoms with Crippen molar-refractivity contribution in [2.45, 2.75) is 18.7 Å².